The van der Waals surface area contributed by atoms with E-state index < -0.39 is 11.0 Å². The molecule has 138 valence electrons. The van der Waals surface area contributed by atoms with Crippen molar-refractivity contribution in [3.05, 3.63) is 45.5 Å². The molecule has 0 saturated heterocycles. The van der Waals surface area contributed by atoms with Gasteiger partial charge in [-0.25, -0.2) is 0 Å². The van der Waals surface area contributed by atoms with Crippen LogP contribution in [0.5, 0.6) is 5.75 Å². The molecular formula is C20H23NO5. The molecule has 2 saturated carbocycles. The molecule has 1 aromatic carbocycles. The molecule has 0 bridgehead atoms. The Hall–Kier alpha value is -2.37. The molecule has 0 amide bonds. The summed E-state index contributed by atoms with van der Waals surface area (Å²) in [6.07, 6.45) is 6.47. The highest BCUT2D eigenvalue weighted by Crippen LogP contribution is 2.60. The third kappa shape index (κ3) is 2.87. The second-order valence-electron chi connectivity index (χ2n) is 8.07. The first-order valence-corrected chi connectivity index (χ1v) is 9.19. The van der Waals surface area contributed by atoms with Gasteiger partial charge in [0.15, 0.2) is 6.10 Å². The molecule has 2 fully saturated rings. The van der Waals surface area contributed by atoms with E-state index in [2.05, 4.69) is 19.9 Å². The Morgan fingerprint density at radius 2 is 2.08 bits per heavy atom. The maximum Gasteiger partial charge on any atom is 0.310 e. The van der Waals surface area contributed by atoms with Crippen LogP contribution in [0, 0.1) is 27.4 Å². The number of fused-ring (bicyclic) bond motifs is 1. The van der Waals surface area contributed by atoms with Crippen molar-refractivity contribution in [1.82, 2.24) is 0 Å². The average Bonchev–Trinajstić information content (AvgIpc) is 3.00. The number of benzene rings is 1. The first kappa shape index (κ1) is 17.1. The fraction of sp³-hybridized carbons (Fsp3) is 0.550. The Bertz CT molecular complexity index is 789. The number of non-ortho nitro benzene ring substituents is 1. The molecule has 1 aromatic rings. The van der Waals surface area contributed by atoms with Gasteiger partial charge in [-0.15, -0.1) is 0 Å². The van der Waals surface area contributed by atoms with Gasteiger partial charge < -0.3 is 9.47 Å². The molecule has 6 nitrogen and oxygen atoms in total. The highest BCUT2D eigenvalue weighted by atomic mass is 16.6. The van der Waals surface area contributed by atoms with E-state index in [0.29, 0.717) is 11.3 Å². The number of allylic oxidation sites excluding steroid dienone is 2. The lowest BCUT2D eigenvalue weighted by molar-refractivity contribution is -0.385. The summed E-state index contributed by atoms with van der Waals surface area (Å²) < 4.78 is 11.2. The summed E-state index contributed by atoms with van der Waals surface area (Å²) in [5.41, 5.74) is 1.92. The number of carbonyl (C=O) groups excluding carboxylic acids is 1. The van der Waals surface area contributed by atoms with Crippen molar-refractivity contribution in [2.75, 3.05) is 6.61 Å². The minimum atomic E-state index is -0.575. The number of nitro benzene ring substituents is 1. The maximum atomic E-state index is 12.7. The van der Waals surface area contributed by atoms with Gasteiger partial charge in [-0.3, -0.25) is 14.9 Å². The highest BCUT2D eigenvalue weighted by molar-refractivity contribution is 5.78. The number of esters is 1. The van der Waals surface area contributed by atoms with E-state index >= 15 is 0 Å². The van der Waals surface area contributed by atoms with Crippen molar-refractivity contribution < 1.29 is 19.2 Å². The SMILES string of the molecule is CC1(C)C(C=C2CCCC2)C1C(=O)OC1COc2ccc([N+](=O)[O-])cc21. The van der Waals surface area contributed by atoms with Crippen LogP contribution in [-0.2, 0) is 9.53 Å². The van der Waals surface area contributed by atoms with Crippen molar-refractivity contribution in [3.8, 4) is 5.75 Å². The van der Waals surface area contributed by atoms with E-state index in [1.54, 1.807) is 6.07 Å². The average molecular weight is 357 g/mol. The third-order valence-corrected chi connectivity index (χ3v) is 6.03. The zero-order valence-corrected chi connectivity index (χ0v) is 15.1. The van der Waals surface area contributed by atoms with Crippen molar-refractivity contribution in [2.45, 2.75) is 45.6 Å². The molecular weight excluding hydrogens is 334 g/mol. The van der Waals surface area contributed by atoms with E-state index in [9.17, 15) is 14.9 Å². The minimum absolute atomic E-state index is 0.0223. The lowest BCUT2D eigenvalue weighted by Gasteiger charge is -2.11. The van der Waals surface area contributed by atoms with Crippen LogP contribution < -0.4 is 4.74 Å². The standard InChI is InChI=1S/C20H23NO5/c1-20(2)15(9-12-5-3-4-6-12)18(20)19(22)26-17-11-25-16-8-7-13(21(23)24)10-14(16)17/h7-10,15,17-18H,3-6,11H2,1-2H3. The molecule has 3 aliphatic rings. The van der Waals surface area contributed by atoms with Crippen LogP contribution in [0.3, 0.4) is 0 Å². The molecule has 1 aliphatic heterocycles. The van der Waals surface area contributed by atoms with Crippen molar-refractivity contribution in [3.63, 3.8) is 0 Å². The largest absolute Gasteiger partial charge is 0.489 e. The van der Waals surface area contributed by atoms with E-state index in [0.717, 1.165) is 12.8 Å². The molecule has 3 atom stereocenters. The van der Waals surface area contributed by atoms with Crippen LogP contribution in [0.15, 0.2) is 29.8 Å². The van der Waals surface area contributed by atoms with Gasteiger partial charge in [0.25, 0.3) is 5.69 Å². The molecule has 2 aliphatic carbocycles. The molecule has 26 heavy (non-hydrogen) atoms. The zero-order chi connectivity index (χ0) is 18.5. The van der Waals surface area contributed by atoms with Crippen LogP contribution in [0.2, 0.25) is 0 Å². The smallest absolute Gasteiger partial charge is 0.310 e. The quantitative estimate of drug-likeness (QED) is 0.346. The van der Waals surface area contributed by atoms with Crippen molar-refractivity contribution in [2.24, 2.45) is 17.3 Å². The van der Waals surface area contributed by atoms with E-state index in [1.165, 1.54) is 30.5 Å². The molecule has 6 heteroatoms. The lowest BCUT2D eigenvalue weighted by atomic mass is 10.1. The number of nitrogens with zero attached hydrogens (tertiary/aromatic N) is 1. The molecule has 1 heterocycles. The predicted octanol–water partition coefficient (Wildman–Crippen LogP) is 4.34. The number of hydrogen-bond acceptors (Lipinski definition) is 5. The monoisotopic (exact) mass is 357 g/mol. The maximum absolute atomic E-state index is 12.7. The number of nitro groups is 1. The second-order valence-corrected chi connectivity index (χ2v) is 8.07. The van der Waals surface area contributed by atoms with Crippen LogP contribution >= 0.6 is 0 Å². The van der Waals surface area contributed by atoms with Gasteiger partial charge in [-0.1, -0.05) is 25.5 Å². The molecule has 0 spiro atoms. The summed E-state index contributed by atoms with van der Waals surface area (Å²) in [5, 5.41) is 11.0. The summed E-state index contributed by atoms with van der Waals surface area (Å²) in [6.45, 7) is 4.40. The number of rotatable bonds is 4. The summed E-state index contributed by atoms with van der Waals surface area (Å²) in [7, 11) is 0. The Morgan fingerprint density at radius 1 is 1.35 bits per heavy atom. The fourth-order valence-electron chi connectivity index (χ4n) is 4.29. The summed E-state index contributed by atoms with van der Waals surface area (Å²) in [6, 6.07) is 4.41. The molecule has 0 N–H and O–H groups in total. The van der Waals surface area contributed by atoms with Crippen LogP contribution in [-0.4, -0.2) is 17.5 Å². The van der Waals surface area contributed by atoms with Gasteiger partial charge in [-0.2, -0.15) is 0 Å². The van der Waals surface area contributed by atoms with Crippen molar-refractivity contribution >= 4 is 11.7 Å². The summed E-state index contributed by atoms with van der Waals surface area (Å²) >= 11 is 0. The zero-order valence-electron chi connectivity index (χ0n) is 15.1. The Morgan fingerprint density at radius 3 is 2.77 bits per heavy atom. The fourth-order valence-corrected chi connectivity index (χ4v) is 4.29. The summed E-state index contributed by atoms with van der Waals surface area (Å²) in [5.74, 6) is 0.379. The van der Waals surface area contributed by atoms with Crippen molar-refractivity contribution in [1.29, 1.82) is 0 Å². The predicted molar refractivity (Wildman–Crippen MR) is 94.7 cm³/mol. The Labute approximate surface area is 152 Å². The number of ether oxygens (including phenoxy) is 2. The Kier molecular flexibility index (Phi) is 4.01. The van der Waals surface area contributed by atoms with Gasteiger partial charge in [0.2, 0.25) is 0 Å². The van der Waals surface area contributed by atoms with Crippen LogP contribution in [0.4, 0.5) is 5.69 Å². The van der Waals surface area contributed by atoms with Gasteiger partial charge in [0.05, 0.1) is 10.8 Å². The molecule has 0 aromatic heterocycles. The third-order valence-electron chi connectivity index (χ3n) is 6.03. The Balaban J connectivity index is 1.47. The molecule has 3 unspecified atom stereocenters. The molecule has 0 radical (unpaired) electrons. The lowest BCUT2D eigenvalue weighted by Crippen LogP contribution is -2.16. The van der Waals surface area contributed by atoms with Gasteiger partial charge >= 0.3 is 5.97 Å². The molecule has 4 rings (SSSR count). The summed E-state index contributed by atoms with van der Waals surface area (Å²) in [4.78, 5) is 23.3. The highest BCUT2D eigenvalue weighted by Gasteiger charge is 2.62. The number of hydrogen-bond donors (Lipinski definition) is 0. The normalized spacial score (nSPS) is 28.2. The van der Waals surface area contributed by atoms with E-state index in [1.807, 2.05) is 0 Å². The van der Waals surface area contributed by atoms with Crippen LogP contribution in [0.25, 0.3) is 0 Å². The topological polar surface area (TPSA) is 78.7 Å². The minimum Gasteiger partial charge on any atom is -0.489 e. The van der Waals surface area contributed by atoms with E-state index in [-0.39, 0.29) is 35.5 Å². The second kappa shape index (κ2) is 6.11. The first-order chi connectivity index (χ1) is 12.4. The van der Waals surface area contributed by atoms with Gasteiger partial charge in [0, 0.05) is 17.7 Å². The first-order valence-electron chi connectivity index (χ1n) is 9.19. The number of carbonyl (C=O) groups is 1. The van der Waals surface area contributed by atoms with Gasteiger partial charge in [0.1, 0.15) is 12.4 Å². The van der Waals surface area contributed by atoms with E-state index in [4.69, 9.17) is 9.47 Å². The van der Waals surface area contributed by atoms with Gasteiger partial charge in [-0.05, 0) is 43.1 Å². The van der Waals surface area contributed by atoms with Crippen LogP contribution in [0.1, 0.15) is 51.2 Å².